The van der Waals surface area contributed by atoms with Gasteiger partial charge in [0.2, 0.25) is 0 Å². The first-order valence-electron chi connectivity index (χ1n) is 18.7. The molecule has 0 aliphatic carbocycles. The van der Waals surface area contributed by atoms with Gasteiger partial charge in [-0.3, -0.25) is 0 Å². The molecule has 11 aromatic rings. The Labute approximate surface area is 322 Å². The van der Waals surface area contributed by atoms with Crippen LogP contribution in [0.4, 0.5) is 0 Å². The molecule has 0 atom stereocenters. The molecule has 0 fully saturated rings. The molecule has 0 amide bonds. The SMILES string of the molecule is c1ccc(-c2nc(-c3ccc(-c4c(-c5ccccc5)nn5c(-c6ccccc6)cc6ccccc6c45)cc3)nc(-c3cccc4c3oc3ccccc34)n2)cc1. The Morgan fingerprint density at radius 1 is 0.411 bits per heavy atom. The van der Waals surface area contributed by atoms with Gasteiger partial charge in [0, 0.05) is 44.0 Å². The lowest BCUT2D eigenvalue weighted by Crippen LogP contribution is -2.00. The molecule has 4 aromatic heterocycles. The van der Waals surface area contributed by atoms with Crippen LogP contribution in [0.25, 0.3) is 106 Å². The number of para-hydroxylation sites is 2. The fourth-order valence-corrected chi connectivity index (χ4v) is 7.83. The van der Waals surface area contributed by atoms with Crippen molar-refractivity contribution >= 4 is 38.2 Å². The van der Waals surface area contributed by atoms with Crippen molar-refractivity contribution in [2.45, 2.75) is 0 Å². The van der Waals surface area contributed by atoms with E-state index in [4.69, 9.17) is 24.5 Å². The van der Waals surface area contributed by atoms with Crippen LogP contribution in [0.1, 0.15) is 0 Å². The van der Waals surface area contributed by atoms with Gasteiger partial charge >= 0.3 is 0 Å². The highest BCUT2D eigenvalue weighted by Gasteiger charge is 2.22. The highest BCUT2D eigenvalue weighted by molar-refractivity contribution is 6.10. The predicted octanol–water partition coefficient (Wildman–Crippen LogP) is 12.6. The van der Waals surface area contributed by atoms with E-state index in [9.17, 15) is 0 Å². The van der Waals surface area contributed by atoms with Crippen molar-refractivity contribution in [1.29, 1.82) is 0 Å². The maximum absolute atomic E-state index is 6.43. The zero-order valence-electron chi connectivity index (χ0n) is 30.0. The van der Waals surface area contributed by atoms with Gasteiger partial charge in [0.1, 0.15) is 16.9 Å². The van der Waals surface area contributed by atoms with Gasteiger partial charge in [-0.15, -0.1) is 0 Å². The summed E-state index contributed by atoms with van der Waals surface area (Å²) in [4.78, 5) is 15.2. The molecule has 262 valence electrons. The highest BCUT2D eigenvalue weighted by atomic mass is 16.3. The molecular weight excluding hydrogens is 687 g/mol. The summed E-state index contributed by atoms with van der Waals surface area (Å²) >= 11 is 0. The fourth-order valence-electron chi connectivity index (χ4n) is 7.83. The number of pyridine rings is 1. The van der Waals surface area contributed by atoms with E-state index in [0.717, 1.165) is 88.6 Å². The summed E-state index contributed by atoms with van der Waals surface area (Å²) in [5.74, 6) is 1.72. The molecule has 7 aromatic carbocycles. The number of hydrogen-bond acceptors (Lipinski definition) is 5. The van der Waals surface area contributed by atoms with E-state index in [0.29, 0.717) is 17.5 Å². The van der Waals surface area contributed by atoms with Crippen LogP contribution in [0.3, 0.4) is 0 Å². The number of hydrogen-bond donors (Lipinski definition) is 0. The molecule has 0 spiro atoms. The number of benzene rings is 7. The van der Waals surface area contributed by atoms with Crippen molar-refractivity contribution in [2.24, 2.45) is 0 Å². The third kappa shape index (κ3) is 5.27. The second kappa shape index (κ2) is 13.0. The number of nitrogens with zero attached hydrogens (tertiary/aromatic N) is 5. The van der Waals surface area contributed by atoms with Crippen LogP contribution in [-0.4, -0.2) is 24.6 Å². The quantitative estimate of drug-likeness (QED) is 0.171. The highest BCUT2D eigenvalue weighted by Crippen LogP contribution is 2.42. The van der Waals surface area contributed by atoms with Crippen molar-refractivity contribution in [3.8, 4) is 67.8 Å². The number of rotatable bonds is 6. The Kier molecular flexibility index (Phi) is 7.38. The van der Waals surface area contributed by atoms with Crippen LogP contribution in [0.2, 0.25) is 0 Å². The van der Waals surface area contributed by atoms with Gasteiger partial charge in [-0.05, 0) is 29.1 Å². The summed E-state index contributed by atoms with van der Waals surface area (Å²) < 4.78 is 8.55. The molecule has 4 heterocycles. The number of fused-ring (bicyclic) bond motifs is 6. The van der Waals surface area contributed by atoms with Crippen LogP contribution in [0, 0.1) is 0 Å². The average Bonchev–Trinajstić information content (AvgIpc) is 3.87. The first-order valence-corrected chi connectivity index (χ1v) is 18.7. The standard InChI is InChI=1S/C50H31N5O/c1-4-15-32(16-5-1)42-31-37-21-10-11-22-38(37)46-44(45(54-55(42)46)34-17-6-2-7-18-34)33-27-29-36(30-28-33)49-51-48(35-19-8-3-9-20-35)52-50(53-49)41-25-14-24-40-39-23-12-13-26-43(39)56-47(40)41/h1-31H. The molecule has 0 saturated carbocycles. The second-order valence-electron chi connectivity index (χ2n) is 13.9. The van der Waals surface area contributed by atoms with Crippen LogP contribution in [0.5, 0.6) is 0 Å². The van der Waals surface area contributed by atoms with Gasteiger partial charge in [0.05, 0.1) is 16.8 Å². The molecule has 0 saturated heterocycles. The normalized spacial score (nSPS) is 11.6. The predicted molar refractivity (Wildman–Crippen MR) is 226 cm³/mol. The van der Waals surface area contributed by atoms with E-state index in [2.05, 4.69) is 120 Å². The van der Waals surface area contributed by atoms with Gasteiger partial charge in [-0.2, -0.15) is 5.10 Å². The first kappa shape index (κ1) is 31.8. The summed E-state index contributed by atoms with van der Waals surface area (Å²) in [5.41, 5.74) is 11.4. The fraction of sp³-hybridized carbons (Fsp3) is 0. The average molecular weight is 718 g/mol. The Bertz CT molecular complexity index is 3230. The minimum Gasteiger partial charge on any atom is -0.455 e. The smallest absolute Gasteiger partial charge is 0.167 e. The molecule has 0 aliphatic heterocycles. The Balaban J connectivity index is 1.11. The molecule has 56 heavy (non-hydrogen) atoms. The largest absolute Gasteiger partial charge is 0.455 e. The Morgan fingerprint density at radius 2 is 0.964 bits per heavy atom. The molecule has 0 N–H and O–H groups in total. The maximum Gasteiger partial charge on any atom is 0.167 e. The monoisotopic (exact) mass is 717 g/mol. The molecule has 6 nitrogen and oxygen atoms in total. The minimum atomic E-state index is 0.552. The van der Waals surface area contributed by atoms with Crippen LogP contribution in [0.15, 0.2) is 192 Å². The summed E-state index contributed by atoms with van der Waals surface area (Å²) in [6.07, 6.45) is 0. The zero-order chi connectivity index (χ0) is 37.0. The summed E-state index contributed by atoms with van der Waals surface area (Å²) in [6, 6.07) is 64.5. The maximum atomic E-state index is 6.43. The number of aromatic nitrogens is 5. The summed E-state index contributed by atoms with van der Waals surface area (Å²) in [7, 11) is 0. The third-order valence-electron chi connectivity index (χ3n) is 10.5. The molecule has 0 radical (unpaired) electrons. The van der Waals surface area contributed by atoms with E-state index in [-0.39, 0.29) is 0 Å². The lowest BCUT2D eigenvalue weighted by Gasteiger charge is -2.11. The van der Waals surface area contributed by atoms with Crippen LogP contribution < -0.4 is 0 Å². The van der Waals surface area contributed by atoms with Crippen molar-refractivity contribution in [3.05, 3.63) is 188 Å². The van der Waals surface area contributed by atoms with Crippen molar-refractivity contribution in [1.82, 2.24) is 24.6 Å². The molecule has 0 aliphatic rings. The van der Waals surface area contributed by atoms with Crippen LogP contribution >= 0.6 is 0 Å². The number of furan rings is 1. The van der Waals surface area contributed by atoms with E-state index in [1.807, 2.05) is 72.8 Å². The van der Waals surface area contributed by atoms with Gasteiger partial charge in [-0.1, -0.05) is 170 Å². The summed E-state index contributed by atoms with van der Waals surface area (Å²) in [6.45, 7) is 0. The van der Waals surface area contributed by atoms with E-state index < -0.39 is 0 Å². The van der Waals surface area contributed by atoms with Gasteiger partial charge in [0.15, 0.2) is 17.5 Å². The van der Waals surface area contributed by atoms with E-state index in [1.54, 1.807) is 0 Å². The molecule has 6 heteroatoms. The Morgan fingerprint density at radius 3 is 1.70 bits per heavy atom. The minimum absolute atomic E-state index is 0.552. The van der Waals surface area contributed by atoms with Crippen molar-refractivity contribution in [2.75, 3.05) is 0 Å². The van der Waals surface area contributed by atoms with E-state index in [1.165, 1.54) is 0 Å². The molecule has 0 unspecified atom stereocenters. The van der Waals surface area contributed by atoms with Gasteiger partial charge < -0.3 is 4.42 Å². The van der Waals surface area contributed by atoms with Gasteiger partial charge in [-0.25, -0.2) is 19.5 Å². The topological polar surface area (TPSA) is 69.1 Å². The first-order chi connectivity index (χ1) is 27.8. The zero-order valence-corrected chi connectivity index (χ0v) is 30.0. The van der Waals surface area contributed by atoms with Gasteiger partial charge in [0.25, 0.3) is 0 Å². The second-order valence-corrected chi connectivity index (χ2v) is 13.9. The third-order valence-corrected chi connectivity index (χ3v) is 10.5. The lowest BCUT2D eigenvalue weighted by atomic mass is 9.96. The van der Waals surface area contributed by atoms with Crippen molar-refractivity contribution in [3.63, 3.8) is 0 Å². The molecule has 0 bridgehead atoms. The summed E-state index contributed by atoms with van der Waals surface area (Å²) in [5, 5.41) is 9.74. The van der Waals surface area contributed by atoms with E-state index >= 15 is 0 Å². The molecule has 11 rings (SSSR count). The van der Waals surface area contributed by atoms with Crippen molar-refractivity contribution < 1.29 is 4.42 Å². The Hall–Kier alpha value is -7.70. The van der Waals surface area contributed by atoms with Crippen LogP contribution in [-0.2, 0) is 0 Å². The lowest BCUT2D eigenvalue weighted by molar-refractivity contribution is 0.669. The molecular formula is C50H31N5O.